The number of carbonyl (C=O) groups excluding carboxylic acids is 1. The monoisotopic (exact) mass is 427 g/mol. The minimum Gasteiger partial charge on any atom is -0.469 e. The van der Waals surface area contributed by atoms with Crippen LogP contribution in [-0.4, -0.2) is 68.5 Å². The average molecular weight is 428 g/mol. The highest BCUT2D eigenvalue weighted by molar-refractivity contribution is 7.88. The van der Waals surface area contributed by atoms with E-state index in [2.05, 4.69) is 10.1 Å². The zero-order valence-corrected chi connectivity index (χ0v) is 17.9. The van der Waals surface area contributed by atoms with E-state index in [9.17, 15) is 13.2 Å². The van der Waals surface area contributed by atoms with Gasteiger partial charge in [-0.25, -0.2) is 8.42 Å². The molecule has 1 saturated heterocycles. The second kappa shape index (κ2) is 11.3. The van der Waals surface area contributed by atoms with Crippen LogP contribution >= 0.6 is 12.2 Å². The third kappa shape index (κ3) is 7.37. The van der Waals surface area contributed by atoms with Gasteiger partial charge in [-0.2, -0.15) is 4.31 Å². The predicted molar refractivity (Wildman–Crippen MR) is 113 cm³/mol. The number of unbranched alkanes of at least 4 members (excludes halogenated alkanes) is 2. The molecule has 9 heteroatoms. The Morgan fingerprint density at radius 2 is 1.79 bits per heavy atom. The molecule has 7 nitrogen and oxygen atoms in total. The van der Waals surface area contributed by atoms with E-state index in [1.54, 1.807) is 4.31 Å². The lowest BCUT2D eigenvalue weighted by Crippen LogP contribution is -2.53. The second-order valence-electron chi connectivity index (χ2n) is 6.75. The van der Waals surface area contributed by atoms with Crippen LogP contribution in [0, 0.1) is 0 Å². The molecule has 1 aromatic carbocycles. The van der Waals surface area contributed by atoms with Crippen molar-refractivity contribution in [3.63, 3.8) is 0 Å². The van der Waals surface area contributed by atoms with Gasteiger partial charge < -0.3 is 15.0 Å². The second-order valence-corrected chi connectivity index (χ2v) is 9.10. The van der Waals surface area contributed by atoms with Crippen molar-refractivity contribution >= 4 is 33.3 Å². The summed E-state index contributed by atoms with van der Waals surface area (Å²) < 4.78 is 31.4. The third-order valence-corrected chi connectivity index (χ3v) is 6.93. The lowest BCUT2D eigenvalue weighted by molar-refractivity contribution is -0.140. The van der Waals surface area contributed by atoms with E-state index in [1.807, 2.05) is 35.2 Å². The summed E-state index contributed by atoms with van der Waals surface area (Å²) in [5.41, 5.74) is 0.800. The molecule has 28 heavy (non-hydrogen) atoms. The average Bonchev–Trinajstić information content (AvgIpc) is 2.70. The number of sulfonamides is 1. The quantitative estimate of drug-likeness (QED) is 0.365. The number of nitrogens with zero attached hydrogens (tertiary/aromatic N) is 2. The lowest BCUT2D eigenvalue weighted by Gasteiger charge is -2.35. The van der Waals surface area contributed by atoms with Gasteiger partial charge in [0.1, 0.15) is 0 Å². The standard InChI is InChI=1S/C19H29N3O4S2/c1-26-18(23)10-6-3-7-11-20-19(27)21-12-14-22(15-13-21)28(24,25)16-17-8-4-2-5-9-17/h2,4-5,8-9H,3,6-7,10-16H2,1H3,(H,20,27). The third-order valence-electron chi connectivity index (χ3n) is 4.67. The maximum Gasteiger partial charge on any atom is 0.305 e. The molecule has 0 aliphatic carbocycles. The van der Waals surface area contributed by atoms with Gasteiger partial charge in [0.05, 0.1) is 12.9 Å². The van der Waals surface area contributed by atoms with Crippen LogP contribution in [0.25, 0.3) is 0 Å². The number of hydrogen-bond acceptors (Lipinski definition) is 5. The molecule has 1 N–H and O–H groups in total. The molecule has 0 radical (unpaired) electrons. The van der Waals surface area contributed by atoms with Crippen molar-refractivity contribution in [2.45, 2.75) is 31.4 Å². The summed E-state index contributed by atoms with van der Waals surface area (Å²) in [6.07, 6.45) is 3.10. The highest BCUT2D eigenvalue weighted by atomic mass is 32.2. The molecule has 1 fully saturated rings. The smallest absolute Gasteiger partial charge is 0.305 e. The minimum absolute atomic E-state index is 0.0299. The summed E-state index contributed by atoms with van der Waals surface area (Å²) in [6, 6.07) is 9.24. The fraction of sp³-hybridized carbons (Fsp3) is 0.579. The van der Waals surface area contributed by atoms with Gasteiger partial charge in [0, 0.05) is 39.1 Å². The Morgan fingerprint density at radius 1 is 1.11 bits per heavy atom. The first-order valence-electron chi connectivity index (χ1n) is 9.54. The van der Waals surface area contributed by atoms with Gasteiger partial charge in [-0.15, -0.1) is 0 Å². The number of thiocarbonyl (C=S) groups is 1. The Morgan fingerprint density at radius 3 is 2.43 bits per heavy atom. The molecule has 0 saturated carbocycles. The number of rotatable bonds is 9. The van der Waals surface area contributed by atoms with Crippen LogP contribution in [0.15, 0.2) is 30.3 Å². The number of methoxy groups -OCH3 is 1. The Balaban J connectivity index is 1.67. The van der Waals surface area contributed by atoms with Crippen molar-refractivity contribution in [1.82, 2.24) is 14.5 Å². The van der Waals surface area contributed by atoms with E-state index in [0.717, 1.165) is 31.4 Å². The van der Waals surface area contributed by atoms with Gasteiger partial charge in [0.25, 0.3) is 0 Å². The van der Waals surface area contributed by atoms with Crippen LogP contribution in [0.2, 0.25) is 0 Å². The van der Waals surface area contributed by atoms with Crippen LogP contribution in [0.4, 0.5) is 0 Å². The SMILES string of the molecule is COC(=O)CCCCCNC(=S)N1CCN(S(=O)(=O)Cc2ccccc2)CC1. The lowest BCUT2D eigenvalue weighted by atomic mass is 10.2. The number of hydrogen-bond donors (Lipinski definition) is 1. The maximum atomic E-state index is 12.6. The molecule has 2 rings (SSSR count). The van der Waals surface area contributed by atoms with Crippen molar-refractivity contribution in [3.8, 4) is 0 Å². The van der Waals surface area contributed by atoms with Crippen molar-refractivity contribution in [3.05, 3.63) is 35.9 Å². The summed E-state index contributed by atoms with van der Waals surface area (Å²) in [4.78, 5) is 13.1. The van der Waals surface area contributed by atoms with Crippen LogP contribution in [0.5, 0.6) is 0 Å². The fourth-order valence-electron chi connectivity index (χ4n) is 3.03. The first-order valence-corrected chi connectivity index (χ1v) is 11.6. The molecular formula is C19H29N3O4S2. The predicted octanol–water partition coefficient (Wildman–Crippen LogP) is 1.74. The molecule has 0 atom stereocenters. The van der Waals surface area contributed by atoms with Crippen molar-refractivity contribution < 1.29 is 17.9 Å². The van der Waals surface area contributed by atoms with Crippen LogP contribution in [-0.2, 0) is 25.3 Å². The van der Waals surface area contributed by atoms with E-state index >= 15 is 0 Å². The largest absolute Gasteiger partial charge is 0.469 e. The molecule has 0 amide bonds. The number of benzene rings is 1. The van der Waals surface area contributed by atoms with Crippen LogP contribution in [0.1, 0.15) is 31.2 Å². The van der Waals surface area contributed by atoms with E-state index in [0.29, 0.717) is 37.7 Å². The Kier molecular flexibility index (Phi) is 9.14. The number of ether oxygens (including phenoxy) is 1. The number of carbonyl (C=O) groups is 1. The van der Waals surface area contributed by atoms with Gasteiger partial charge in [0.15, 0.2) is 5.11 Å². The van der Waals surface area contributed by atoms with Crippen molar-refractivity contribution in [2.24, 2.45) is 0 Å². The van der Waals surface area contributed by atoms with E-state index < -0.39 is 10.0 Å². The van der Waals surface area contributed by atoms with Gasteiger partial charge >= 0.3 is 5.97 Å². The molecule has 156 valence electrons. The number of piperazine rings is 1. The topological polar surface area (TPSA) is 79.0 Å². The Bertz CT molecular complexity index is 733. The maximum absolute atomic E-state index is 12.6. The van der Waals surface area contributed by atoms with Gasteiger partial charge in [-0.05, 0) is 30.6 Å². The zero-order valence-electron chi connectivity index (χ0n) is 16.3. The Labute approximate surface area is 173 Å². The van der Waals surface area contributed by atoms with Crippen molar-refractivity contribution in [2.75, 3.05) is 39.8 Å². The summed E-state index contributed by atoms with van der Waals surface area (Å²) in [5, 5.41) is 3.88. The fourth-order valence-corrected chi connectivity index (χ4v) is 4.83. The molecule has 1 heterocycles. The van der Waals surface area contributed by atoms with Gasteiger partial charge in [0.2, 0.25) is 10.0 Å². The number of esters is 1. The summed E-state index contributed by atoms with van der Waals surface area (Å²) >= 11 is 5.42. The molecule has 1 aliphatic rings. The highest BCUT2D eigenvalue weighted by Gasteiger charge is 2.27. The minimum atomic E-state index is -3.32. The molecule has 1 aliphatic heterocycles. The van der Waals surface area contributed by atoms with E-state index in [4.69, 9.17) is 12.2 Å². The normalized spacial score (nSPS) is 15.2. The van der Waals surface area contributed by atoms with Crippen molar-refractivity contribution in [1.29, 1.82) is 0 Å². The highest BCUT2D eigenvalue weighted by Crippen LogP contribution is 2.13. The summed E-state index contributed by atoms with van der Waals surface area (Å²) in [7, 11) is -1.92. The molecule has 0 spiro atoms. The van der Waals surface area contributed by atoms with Crippen LogP contribution in [0.3, 0.4) is 0 Å². The van der Waals surface area contributed by atoms with Gasteiger partial charge in [-0.1, -0.05) is 36.8 Å². The molecular weight excluding hydrogens is 398 g/mol. The first-order chi connectivity index (χ1) is 13.4. The summed E-state index contributed by atoms with van der Waals surface area (Å²) in [6.45, 7) is 2.79. The van der Waals surface area contributed by atoms with E-state index in [1.165, 1.54) is 7.11 Å². The number of nitrogens with one attached hydrogen (secondary N) is 1. The summed E-state index contributed by atoms with van der Waals surface area (Å²) in [5.74, 6) is -0.147. The molecule has 0 unspecified atom stereocenters. The van der Waals surface area contributed by atoms with E-state index in [-0.39, 0.29) is 11.7 Å². The van der Waals surface area contributed by atoms with Crippen LogP contribution < -0.4 is 5.32 Å². The first kappa shape index (κ1) is 22.6. The molecule has 0 bridgehead atoms. The van der Waals surface area contributed by atoms with Gasteiger partial charge in [-0.3, -0.25) is 4.79 Å². The molecule has 0 aromatic heterocycles. The zero-order chi connectivity index (χ0) is 20.4. The molecule has 1 aromatic rings. The Hall–Kier alpha value is -1.71.